The highest BCUT2D eigenvalue weighted by Crippen LogP contribution is 2.63. The van der Waals surface area contributed by atoms with Gasteiger partial charge in [-0.1, -0.05) is 137 Å². The zero-order valence-corrected chi connectivity index (χ0v) is 30.3. The Morgan fingerprint density at radius 2 is 0.800 bits per heavy atom. The molecule has 9 heteroatoms. The molecular formula is C36H47BrO6P2. The minimum absolute atomic E-state index is 0.296. The van der Waals surface area contributed by atoms with Crippen LogP contribution in [-0.4, -0.2) is 33.0 Å². The van der Waals surface area contributed by atoms with Gasteiger partial charge in [-0.15, -0.1) is 0 Å². The Bertz CT molecular complexity index is 1210. The molecule has 0 saturated carbocycles. The summed E-state index contributed by atoms with van der Waals surface area (Å²) >= 11 is 3.69. The van der Waals surface area contributed by atoms with Crippen LogP contribution in [0.4, 0.5) is 0 Å². The van der Waals surface area contributed by atoms with Gasteiger partial charge in [-0.2, -0.15) is 0 Å². The van der Waals surface area contributed by atoms with E-state index in [-0.39, 0.29) is 0 Å². The van der Waals surface area contributed by atoms with Gasteiger partial charge in [-0.05, 0) is 56.9 Å². The smallest absolute Gasteiger partial charge is 0.313 e. The Kier molecular flexibility index (Phi) is 20.1. The van der Waals surface area contributed by atoms with Crippen molar-refractivity contribution in [1.82, 2.24) is 0 Å². The van der Waals surface area contributed by atoms with E-state index >= 15 is 0 Å². The number of rotatable bonds is 15. The normalized spacial score (nSPS) is 11.1. The largest absolute Gasteiger partial charge is 0.342 e. The van der Waals surface area contributed by atoms with E-state index < -0.39 is 21.9 Å². The van der Waals surface area contributed by atoms with Crippen LogP contribution in [-0.2, 0) is 27.2 Å². The Morgan fingerprint density at radius 3 is 1.07 bits per heavy atom. The summed E-state index contributed by atoms with van der Waals surface area (Å²) in [6.45, 7) is 12.1. The van der Waals surface area contributed by atoms with Crippen molar-refractivity contribution in [3.63, 3.8) is 0 Å². The van der Waals surface area contributed by atoms with Crippen molar-refractivity contribution in [3.05, 3.63) is 144 Å². The van der Waals surface area contributed by atoms with E-state index in [4.69, 9.17) is 22.6 Å². The van der Waals surface area contributed by atoms with Gasteiger partial charge in [-0.3, -0.25) is 4.57 Å². The Morgan fingerprint density at radius 1 is 0.511 bits per heavy atom. The molecule has 0 aliphatic carbocycles. The molecule has 0 atom stereocenters. The van der Waals surface area contributed by atoms with Crippen LogP contribution in [0.15, 0.2) is 121 Å². The molecular weight excluding hydrogens is 670 g/mol. The van der Waals surface area contributed by atoms with Crippen LogP contribution in [0.3, 0.4) is 0 Å². The van der Waals surface area contributed by atoms with Gasteiger partial charge in [0.15, 0.2) is 0 Å². The van der Waals surface area contributed by atoms with Gasteiger partial charge in [0.1, 0.15) is 5.66 Å². The molecule has 0 spiro atoms. The average Bonchev–Trinajstić information content (AvgIpc) is 3.07. The van der Waals surface area contributed by atoms with Crippen molar-refractivity contribution in [2.45, 2.75) is 45.1 Å². The van der Waals surface area contributed by atoms with Crippen LogP contribution in [0.2, 0.25) is 0 Å². The van der Waals surface area contributed by atoms with E-state index in [1.165, 1.54) is 11.1 Å². The zero-order chi connectivity index (χ0) is 32.8. The molecule has 0 radical (unpaired) electrons. The lowest BCUT2D eigenvalue weighted by molar-refractivity contribution is 0.176. The standard InChI is InChI=1S/C17H21O3P.C13H11Br.C6H15O3P/c1-3-19-21(18,20-4-2)17(15-11-7-5-8-12-15)16-13-9-6-10-14-16;14-13(11-7-3-1-4-8-11)12-9-5-2-6-10-12;1-4-7-10(8-5-2)9-6-3/h5-14,17H,3-4H2,1-2H3;1-10,13H;4-6H2,1-3H3. The SMILES string of the molecule is BrC(c1ccccc1)c1ccccc1.CCOP(=O)(OCC)C(c1ccccc1)c1ccccc1.CCOP(OCC)OCC. The molecule has 244 valence electrons. The first-order valence-electron chi connectivity index (χ1n) is 15.3. The molecule has 0 aromatic heterocycles. The van der Waals surface area contributed by atoms with Crippen molar-refractivity contribution < 1.29 is 27.2 Å². The monoisotopic (exact) mass is 716 g/mol. The molecule has 0 unspecified atom stereocenters. The van der Waals surface area contributed by atoms with Crippen LogP contribution < -0.4 is 0 Å². The van der Waals surface area contributed by atoms with Crippen LogP contribution in [0.5, 0.6) is 0 Å². The van der Waals surface area contributed by atoms with E-state index in [2.05, 4.69) is 64.5 Å². The Hall–Kier alpha value is -2.18. The van der Waals surface area contributed by atoms with Gasteiger partial charge in [0.05, 0.1) is 37.9 Å². The van der Waals surface area contributed by atoms with Gasteiger partial charge >= 0.3 is 16.2 Å². The fourth-order valence-electron chi connectivity index (χ4n) is 4.24. The molecule has 0 amide bonds. The predicted octanol–water partition coefficient (Wildman–Crippen LogP) is 11.5. The zero-order valence-electron chi connectivity index (χ0n) is 27.0. The number of hydrogen-bond donors (Lipinski definition) is 0. The molecule has 0 heterocycles. The Balaban J connectivity index is 0.000000254. The summed E-state index contributed by atoms with van der Waals surface area (Å²) in [7, 11) is -4.33. The first-order chi connectivity index (χ1) is 21.9. The number of hydrogen-bond acceptors (Lipinski definition) is 6. The van der Waals surface area contributed by atoms with Crippen molar-refractivity contribution in [2.75, 3.05) is 33.0 Å². The fourth-order valence-corrected chi connectivity index (χ4v) is 7.87. The first-order valence-corrected chi connectivity index (χ1v) is 19.0. The van der Waals surface area contributed by atoms with Crippen molar-refractivity contribution >= 4 is 32.1 Å². The maximum atomic E-state index is 13.3. The lowest BCUT2D eigenvalue weighted by Gasteiger charge is -2.27. The third-order valence-corrected chi connectivity index (χ3v) is 11.0. The predicted molar refractivity (Wildman–Crippen MR) is 191 cm³/mol. The van der Waals surface area contributed by atoms with Crippen LogP contribution >= 0.6 is 32.1 Å². The van der Waals surface area contributed by atoms with Gasteiger partial charge in [0.2, 0.25) is 0 Å². The second kappa shape index (κ2) is 23.2. The van der Waals surface area contributed by atoms with Crippen molar-refractivity contribution in [2.24, 2.45) is 0 Å². The van der Waals surface area contributed by atoms with Gasteiger partial charge in [0.25, 0.3) is 0 Å². The summed E-state index contributed by atoms with van der Waals surface area (Å²) in [5, 5.41) is 0. The lowest BCUT2D eigenvalue weighted by Crippen LogP contribution is -2.08. The third-order valence-electron chi connectivity index (χ3n) is 6.05. The molecule has 4 aromatic carbocycles. The second-order valence-electron chi connectivity index (χ2n) is 9.26. The van der Waals surface area contributed by atoms with Crippen molar-refractivity contribution in [3.8, 4) is 0 Å². The fraction of sp³-hybridized carbons (Fsp3) is 0.333. The van der Waals surface area contributed by atoms with Crippen LogP contribution in [0.1, 0.15) is 67.4 Å². The highest BCUT2D eigenvalue weighted by atomic mass is 79.9. The van der Waals surface area contributed by atoms with Crippen molar-refractivity contribution in [1.29, 1.82) is 0 Å². The first kappa shape index (κ1) is 39.0. The van der Waals surface area contributed by atoms with Gasteiger partial charge in [0, 0.05) is 0 Å². The van der Waals surface area contributed by atoms with Crippen LogP contribution in [0, 0.1) is 0 Å². The lowest BCUT2D eigenvalue weighted by atomic mass is 10.0. The molecule has 0 fully saturated rings. The van der Waals surface area contributed by atoms with Gasteiger partial charge in [-0.25, -0.2) is 0 Å². The molecule has 0 bridgehead atoms. The molecule has 45 heavy (non-hydrogen) atoms. The second-order valence-corrected chi connectivity index (χ2v) is 13.5. The summed E-state index contributed by atoms with van der Waals surface area (Å²) < 4.78 is 39.8. The molecule has 0 aliphatic heterocycles. The minimum Gasteiger partial charge on any atom is -0.313 e. The number of halogens is 1. The summed E-state index contributed by atoms with van der Waals surface area (Å²) in [6, 6.07) is 40.3. The van der Waals surface area contributed by atoms with E-state index in [0.29, 0.717) is 37.9 Å². The van der Waals surface area contributed by atoms with E-state index in [1.807, 2.05) is 107 Å². The molecule has 0 aliphatic rings. The maximum absolute atomic E-state index is 13.3. The quantitative estimate of drug-likeness (QED) is 0.0901. The molecule has 0 N–H and O–H groups in total. The molecule has 4 rings (SSSR count). The maximum Gasteiger partial charge on any atom is 0.342 e. The minimum atomic E-state index is -3.27. The molecule has 4 aromatic rings. The highest BCUT2D eigenvalue weighted by molar-refractivity contribution is 9.09. The Labute approximate surface area is 280 Å². The topological polar surface area (TPSA) is 63.2 Å². The van der Waals surface area contributed by atoms with Gasteiger partial charge < -0.3 is 22.6 Å². The van der Waals surface area contributed by atoms with E-state index in [1.54, 1.807) is 0 Å². The average molecular weight is 718 g/mol. The van der Waals surface area contributed by atoms with Crippen LogP contribution in [0.25, 0.3) is 0 Å². The summed E-state index contributed by atoms with van der Waals surface area (Å²) in [5.74, 6) is 0. The summed E-state index contributed by atoms with van der Waals surface area (Å²) in [5.41, 5.74) is 4.06. The number of alkyl halides is 1. The van der Waals surface area contributed by atoms with E-state index in [9.17, 15) is 4.57 Å². The number of benzene rings is 4. The molecule has 0 saturated heterocycles. The summed E-state index contributed by atoms with van der Waals surface area (Å²) in [4.78, 5) is 0.296. The third kappa shape index (κ3) is 14.0. The highest BCUT2D eigenvalue weighted by Gasteiger charge is 2.37. The summed E-state index contributed by atoms with van der Waals surface area (Å²) in [6.07, 6.45) is 0. The van der Waals surface area contributed by atoms with E-state index in [0.717, 1.165) is 11.1 Å². The molecule has 6 nitrogen and oxygen atoms in total.